The lowest BCUT2D eigenvalue weighted by Crippen LogP contribution is -2.46. The van der Waals surface area contributed by atoms with E-state index in [9.17, 15) is 0 Å². The molecule has 1 aliphatic heterocycles. The standard InChI is InChI=1S/C15H24N2O/c1-12(2)13-3-5-14(6-4-13)17-9-10-18-11-15(17)7-8-16/h3-6,12,15H,7-11,16H2,1-2H3. The van der Waals surface area contributed by atoms with Crippen LogP contribution < -0.4 is 10.6 Å². The molecule has 1 aromatic carbocycles. The summed E-state index contributed by atoms with van der Waals surface area (Å²) < 4.78 is 5.55. The van der Waals surface area contributed by atoms with E-state index in [0.717, 1.165) is 26.2 Å². The Balaban J connectivity index is 2.12. The van der Waals surface area contributed by atoms with Gasteiger partial charge in [-0.2, -0.15) is 0 Å². The fourth-order valence-electron chi connectivity index (χ4n) is 2.48. The summed E-state index contributed by atoms with van der Waals surface area (Å²) in [5.74, 6) is 0.587. The molecular formula is C15H24N2O. The molecule has 0 spiro atoms. The summed E-state index contributed by atoms with van der Waals surface area (Å²) in [6, 6.07) is 9.34. The maximum atomic E-state index is 5.68. The van der Waals surface area contributed by atoms with Gasteiger partial charge in [-0.1, -0.05) is 26.0 Å². The first-order valence-corrected chi connectivity index (χ1v) is 6.86. The maximum Gasteiger partial charge on any atom is 0.0671 e. The molecule has 1 saturated heterocycles. The van der Waals surface area contributed by atoms with Crippen molar-refractivity contribution in [3.63, 3.8) is 0 Å². The lowest BCUT2D eigenvalue weighted by Gasteiger charge is -2.37. The van der Waals surface area contributed by atoms with Crippen LogP contribution in [0.3, 0.4) is 0 Å². The van der Waals surface area contributed by atoms with E-state index in [0.29, 0.717) is 18.5 Å². The second kappa shape index (κ2) is 6.21. The van der Waals surface area contributed by atoms with Crippen molar-refractivity contribution >= 4 is 5.69 Å². The summed E-state index contributed by atoms with van der Waals surface area (Å²) in [4.78, 5) is 2.43. The average molecular weight is 248 g/mol. The van der Waals surface area contributed by atoms with Crippen LogP contribution in [0, 0.1) is 0 Å². The summed E-state index contributed by atoms with van der Waals surface area (Å²) in [6.07, 6.45) is 0.992. The van der Waals surface area contributed by atoms with E-state index >= 15 is 0 Å². The summed E-state index contributed by atoms with van der Waals surface area (Å²) in [5, 5.41) is 0. The lowest BCUT2D eigenvalue weighted by atomic mass is 10.0. The Labute approximate surface area is 110 Å². The molecule has 0 aliphatic carbocycles. The second-order valence-corrected chi connectivity index (χ2v) is 5.25. The van der Waals surface area contributed by atoms with Crippen LogP contribution in [0.25, 0.3) is 0 Å². The second-order valence-electron chi connectivity index (χ2n) is 5.25. The Bertz CT molecular complexity index is 359. The molecule has 2 N–H and O–H groups in total. The van der Waals surface area contributed by atoms with Crippen molar-refractivity contribution < 1.29 is 4.74 Å². The number of rotatable bonds is 4. The minimum atomic E-state index is 0.425. The number of hydrogen-bond donors (Lipinski definition) is 1. The first-order valence-electron chi connectivity index (χ1n) is 6.86. The highest BCUT2D eigenvalue weighted by molar-refractivity contribution is 5.49. The first-order chi connectivity index (χ1) is 8.72. The van der Waals surface area contributed by atoms with Crippen LogP contribution in [0.15, 0.2) is 24.3 Å². The minimum absolute atomic E-state index is 0.425. The van der Waals surface area contributed by atoms with Gasteiger partial charge < -0.3 is 15.4 Å². The van der Waals surface area contributed by atoms with Gasteiger partial charge in [-0.3, -0.25) is 0 Å². The van der Waals surface area contributed by atoms with Crippen LogP contribution in [0.4, 0.5) is 5.69 Å². The number of nitrogens with two attached hydrogens (primary N) is 1. The SMILES string of the molecule is CC(C)c1ccc(N2CCOCC2CCN)cc1. The summed E-state index contributed by atoms with van der Waals surface area (Å²) >= 11 is 0. The molecule has 18 heavy (non-hydrogen) atoms. The third kappa shape index (κ3) is 3.03. The van der Waals surface area contributed by atoms with Gasteiger partial charge in [0.25, 0.3) is 0 Å². The highest BCUT2D eigenvalue weighted by atomic mass is 16.5. The average Bonchev–Trinajstić information content (AvgIpc) is 2.40. The molecular weight excluding hydrogens is 224 g/mol. The van der Waals surface area contributed by atoms with Crippen LogP contribution in [0.2, 0.25) is 0 Å². The molecule has 1 aromatic rings. The van der Waals surface area contributed by atoms with E-state index in [1.54, 1.807) is 0 Å². The zero-order chi connectivity index (χ0) is 13.0. The minimum Gasteiger partial charge on any atom is -0.377 e. The quantitative estimate of drug-likeness (QED) is 0.889. The molecule has 1 aliphatic rings. The molecule has 0 radical (unpaired) electrons. The van der Waals surface area contributed by atoms with E-state index in [1.807, 2.05) is 0 Å². The van der Waals surface area contributed by atoms with Crippen LogP contribution in [-0.4, -0.2) is 32.3 Å². The van der Waals surface area contributed by atoms with Crippen molar-refractivity contribution in [2.45, 2.75) is 32.2 Å². The van der Waals surface area contributed by atoms with Crippen molar-refractivity contribution in [3.05, 3.63) is 29.8 Å². The molecule has 1 atom stereocenters. The third-order valence-electron chi connectivity index (χ3n) is 3.62. The smallest absolute Gasteiger partial charge is 0.0671 e. The zero-order valence-electron chi connectivity index (χ0n) is 11.4. The molecule has 2 rings (SSSR count). The number of benzene rings is 1. The van der Waals surface area contributed by atoms with Gasteiger partial charge in [0.05, 0.1) is 19.3 Å². The molecule has 1 heterocycles. The Morgan fingerprint density at radius 2 is 2.06 bits per heavy atom. The van der Waals surface area contributed by atoms with E-state index in [4.69, 9.17) is 10.5 Å². The monoisotopic (exact) mass is 248 g/mol. The molecule has 1 unspecified atom stereocenters. The normalized spacial score (nSPS) is 20.4. The molecule has 1 fully saturated rings. The van der Waals surface area contributed by atoms with Crippen molar-refractivity contribution in [2.75, 3.05) is 31.2 Å². The first kappa shape index (κ1) is 13.4. The van der Waals surface area contributed by atoms with Crippen LogP contribution in [-0.2, 0) is 4.74 Å². The van der Waals surface area contributed by atoms with Gasteiger partial charge in [0.1, 0.15) is 0 Å². The molecule has 0 saturated carbocycles. The zero-order valence-corrected chi connectivity index (χ0v) is 11.4. The Kier molecular flexibility index (Phi) is 4.61. The van der Waals surface area contributed by atoms with Gasteiger partial charge in [0.2, 0.25) is 0 Å². The van der Waals surface area contributed by atoms with Gasteiger partial charge in [0.15, 0.2) is 0 Å². The number of anilines is 1. The predicted octanol–water partition coefficient (Wildman–Crippen LogP) is 2.36. The largest absolute Gasteiger partial charge is 0.377 e. The number of nitrogens with zero attached hydrogens (tertiary/aromatic N) is 1. The van der Waals surface area contributed by atoms with Gasteiger partial charge in [-0.15, -0.1) is 0 Å². The molecule has 0 amide bonds. The van der Waals surface area contributed by atoms with E-state index < -0.39 is 0 Å². The fraction of sp³-hybridized carbons (Fsp3) is 0.600. The van der Waals surface area contributed by atoms with Crippen LogP contribution >= 0.6 is 0 Å². The van der Waals surface area contributed by atoms with Crippen molar-refractivity contribution in [1.82, 2.24) is 0 Å². The topological polar surface area (TPSA) is 38.5 Å². The maximum absolute atomic E-state index is 5.68. The van der Waals surface area contributed by atoms with Crippen molar-refractivity contribution in [1.29, 1.82) is 0 Å². The molecule has 3 nitrogen and oxygen atoms in total. The summed E-state index contributed by atoms with van der Waals surface area (Å²) in [7, 11) is 0. The molecule has 3 heteroatoms. The van der Waals surface area contributed by atoms with Gasteiger partial charge >= 0.3 is 0 Å². The third-order valence-corrected chi connectivity index (χ3v) is 3.62. The molecule has 0 bridgehead atoms. The van der Waals surface area contributed by atoms with Gasteiger partial charge in [-0.25, -0.2) is 0 Å². The van der Waals surface area contributed by atoms with Crippen molar-refractivity contribution in [3.8, 4) is 0 Å². The van der Waals surface area contributed by atoms with Gasteiger partial charge in [-0.05, 0) is 36.6 Å². The van der Waals surface area contributed by atoms with Crippen LogP contribution in [0.5, 0.6) is 0 Å². The highest BCUT2D eigenvalue weighted by Gasteiger charge is 2.22. The lowest BCUT2D eigenvalue weighted by molar-refractivity contribution is 0.0922. The van der Waals surface area contributed by atoms with Crippen LogP contribution in [0.1, 0.15) is 31.7 Å². The Hall–Kier alpha value is -1.06. The van der Waals surface area contributed by atoms with E-state index in [2.05, 4.69) is 43.0 Å². The number of ether oxygens (including phenoxy) is 1. The fourth-order valence-corrected chi connectivity index (χ4v) is 2.48. The van der Waals surface area contributed by atoms with E-state index in [1.165, 1.54) is 11.3 Å². The molecule has 0 aromatic heterocycles. The Morgan fingerprint density at radius 3 is 2.67 bits per heavy atom. The highest BCUT2D eigenvalue weighted by Crippen LogP contribution is 2.24. The Morgan fingerprint density at radius 1 is 1.33 bits per heavy atom. The summed E-state index contributed by atoms with van der Waals surface area (Å²) in [6.45, 7) is 7.73. The van der Waals surface area contributed by atoms with Crippen molar-refractivity contribution in [2.24, 2.45) is 5.73 Å². The number of morpholine rings is 1. The van der Waals surface area contributed by atoms with E-state index in [-0.39, 0.29) is 0 Å². The number of hydrogen-bond acceptors (Lipinski definition) is 3. The van der Waals surface area contributed by atoms with Gasteiger partial charge in [0, 0.05) is 12.2 Å². The summed E-state index contributed by atoms with van der Waals surface area (Å²) in [5.41, 5.74) is 8.37. The molecule has 100 valence electrons. The predicted molar refractivity (Wildman–Crippen MR) is 76.2 cm³/mol.